The lowest BCUT2D eigenvalue weighted by Crippen LogP contribution is -1.99. The normalized spacial score (nSPS) is 14.6. The van der Waals surface area contributed by atoms with Gasteiger partial charge in [-0.1, -0.05) is 30.1 Å². The fourth-order valence-corrected chi connectivity index (χ4v) is 2.51. The van der Waals surface area contributed by atoms with Gasteiger partial charge in [0.1, 0.15) is 0 Å². The second-order valence-corrected chi connectivity index (χ2v) is 4.25. The summed E-state index contributed by atoms with van der Waals surface area (Å²) in [4.78, 5) is 11.6. The number of aryl methyl sites for hydroxylation is 1. The number of hydrogen-bond donors (Lipinski definition) is 0. The summed E-state index contributed by atoms with van der Waals surface area (Å²) in [6.07, 6.45) is 2.16. The van der Waals surface area contributed by atoms with E-state index in [4.69, 9.17) is 23.2 Å². The van der Waals surface area contributed by atoms with Gasteiger partial charge in [0.2, 0.25) is 0 Å². The predicted octanol–water partition coefficient (Wildman–Crippen LogP) is 3.68. The first-order chi connectivity index (χ1) is 6.65. The molecule has 0 aromatic heterocycles. The third kappa shape index (κ3) is 1.35. The zero-order valence-corrected chi connectivity index (χ0v) is 9.37. The van der Waals surface area contributed by atoms with Gasteiger partial charge in [-0.25, -0.2) is 0 Å². The highest BCUT2D eigenvalue weighted by molar-refractivity contribution is 6.43. The Morgan fingerprint density at radius 1 is 1.36 bits per heavy atom. The van der Waals surface area contributed by atoms with E-state index in [0.717, 1.165) is 29.5 Å². The van der Waals surface area contributed by atoms with Gasteiger partial charge in [0.05, 0.1) is 10.0 Å². The number of carbonyl (C=O) groups excluding carboxylic acids is 1. The van der Waals surface area contributed by atoms with E-state index in [0.29, 0.717) is 16.5 Å². The van der Waals surface area contributed by atoms with E-state index in [2.05, 4.69) is 0 Å². The summed E-state index contributed by atoms with van der Waals surface area (Å²) in [6.45, 7) is 1.99. The summed E-state index contributed by atoms with van der Waals surface area (Å²) in [5.41, 5.74) is 2.79. The highest BCUT2D eigenvalue weighted by Gasteiger charge is 2.25. The van der Waals surface area contributed by atoms with Crippen molar-refractivity contribution in [1.82, 2.24) is 0 Å². The molecule has 1 aliphatic carbocycles. The molecule has 0 N–H and O–H groups in total. The van der Waals surface area contributed by atoms with E-state index in [1.807, 2.05) is 13.0 Å². The maximum Gasteiger partial charge on any atom is 0.163 e. The molecule has 0 heterocycles. The smallest absolute Gasteiger partial charge is 0.163 e. The lowest BCUT2D eigenvalue weighted by molar-refractivity contribution is 0.0994. The zero-order chi connectivity index (χ0) is 10.3. The molecule has 0 radical (unpaired) electrons. The first kappa shape index (κ1) is 10.0. The Morgan fingerprint density at radius 3 is 2.71 bits per heavy atom. The number of hydrogen-bond acceptors (Lipinski definition) is 1. The van der Waals surface area contributed by atoms with Crippen molar-refractivity contribution in [3.63, 3.8) is 0 Å². The van der Waals surface area contributed by atoms with Gasteiger partial charge in [0.15, 0.2) is 5.78 Å². The van der Waals surface area contributed by atoms with Crippen molar-refractivity contribution in [2.45, 2.75) is 26.2 Å². The molecule has 0 spiro atoms. The average Bonchev–Trinajstić information content (AvgIpc) is 2.50. The summed E-state index contributed by atoms with van der Waals surface area (Å²) in [5, 5.41) is 1.11. The molecule has 2 rings (SSSR count). The van der Waals surface area contributed by atoms with Crippen molar-refractivity contribution in [2.75, 3.05) is 0 Å². The molecule has 14 heavy (non-hydrogen) atoms. The van der Waals surface area contributed by atoms with Crippen LogP contribution >= 0.6 is 23.2 Å². The van der Waals surface area contributed by atoms with Gasteiger partial charge in [-0.05, 0) is 30.0 Å². The Balaban J connectivity index is 2.73. The van der Waals surface area contributed by atoms with Crippen molar-refractivity contribution < 1.29 is 4.79 Å². The maximum absolute atomic E-state index is 11.6. The SMILES string of the molecule is CCc1c(Cl)c(Cl)cc2c1C(=O)CC2. The van der Waals surface area contributed by atoms with E-state index < -0.39 is 0 Å². The van der Waals surface area contributed by atoms with E-state index in [9.17, 15) is 4.79 Å². The van der Waals surface area contributed by atoms with Gasteiger partial charge in [0.25, 0.3) is 0 Å². The van der Waals surface area contributed by atoms with Crippen LogP contribution in [0, 0.1) is 0 Å². The van der Waals surface area contributed by atoms with Crippen molar-refractivity contribution in [3.8, 4) is 0 Å². The molecule has 1 aromatic carbocycles. The molecular formula is C11H10Cl2O. The minimum absolute atomic E-state index is 0.204. The number of Topliss-reactive ketones (excluding diaryl/α,β-unsaturated/α-hetero) is 1. The molecule has 0 bridgehead atoms. The standard InChI is InChI=1S/C11H10Cl2O/c1-2-7-10-6(3-4-9(10)14)5-8(12)11(7)13/h5H,2-4H2,1H3. The fraction of sp³-hybridized carbons (Fsp3) is 0.364. The lowest BCUT2D eigenvalue weighted by atomic mass is 10.0. The summed E-state index contributed by atoms with van der Waals surface area (Å²) < 4.78 is 0. The number of halogens is 2. The predicted molar refractivity (Wildman–Crippen MR) is 58.5 cm³/mol. The molecule has 0 unspecified atom stereocenters. The minimum atomic E-state index is 0.204. The quantitative estimate of drug-likeness (QED) is 0.717. The second-order valence-electron chi connectivity index (χ2n) is 3.46. The van der Waals surface area contributed by atoms with Crippen LogP contribution in [0.4, 0.5) is 0 Å². The first-order valence-corrected chi connectivity index (χ1v) is 5.43. The molecule has 74 valence electrons. The van der Waals surface area contributed by atoms with E-state index in [1.54, 1.807) is 0 Å². The molecule has 0 atom stereocenters. The summed E-state index contributed by atoms with van der Waals surface area (Å²) >= 11 is 12.0. The second kappa shape index (κ2) is 3.56. The van der Waals surface area contributed by atoms with Gasteiger partial charge < -0.3 is 0 Å². The fourth-order valence-electron chi connectivity index (χ4n) is 1.99. The van der Waals surface area contributed by atoms with Gasteiger partial charge in [-0.15, -0.1) is 0 Å². The average molecular weight is 229 g/mol. The van der Waals surface area contributed by atoms with Crippen LogP contribution < -0.4 is 0 Å². The first-order valence-electron chi connectivity index (χ1n) is 4.68. The molecule has 1 aliphatic rings. The van der Waals surface area contributed by atoms with Crippen LogP contribution in [0.1, 0.15) is 34.8 Å². The third-order valence-corrected chi connectivity index (χ3v) is 3.48. The van der Waals surface area contributed by atoms with Crippen molar-refractivity contribution in [2.24, 2.45) is 0 Å². The molecule has 1 nitrogen and oxygen atoms in total. The van der Waals surface area contributed by atoms with Crippen molar-refractivity contribution in [3.05, 3.63) is 32.8 Å². The van der Waals surface area contributed by atoms with Crippen LogP contribution in [0.3, 0.4) is 0 Å². The van der Waals surface area contributed by atoms with Crippen LogP contribution in [-0.2, 0) is 12.8 Å². The molecule has 0 saturated carbocycles. The molecule has 0 saturated heterocycles. The van der Waals surface area contributed by atoms with Crippen LogP contribution in [0.15, 0.2) is 6.07 Å². The Bertz CT molecular complexity index is 410. The Morgan fingerprint density at radius 2 is 2.07 bits per heavy atom. The molecule has 1 aromatic rings. The molecule has 0 amide bonds. The zero-order valence-electron chi connectivity index (χ0n) is 7.86. The number of carbonyl (C=O) groups is 1. The topological polar surface area (TPSA) is 17.1 Å². The summed E-state index contributed by atoms with van der Waals surface area (Å²) in [5.74, 6) is 0.204. The highest BCUT2D eigenvalue weighted by Crippen LogP contribution is 2.36. The minimum Gasteiger partial charge on any atom is -0.294 e. The van der Waals surface area contributed by atoms with E-state index in [1.165, 1.54) is 0 Å². The van der Waals surface area contributed by atoms with Gasteiger partial charge >= 0.3 is 0 Å². The van der Waals surface area contributed by atoms with Crippen molar-refractivity contribution in [1.29, 1.82) is 0 Å². The molecule has 0 fully saturated rings. The summed E-state index contributed by atoms with van der Waals surface area (Å²) in [7, 11) is 0. The van der Waals surface area contributed by atoms with Crippen LogP contribution in [-0.4, -0.2) is 5.78 Å². The molecule has 3 heteroatoms. The van der Waals surface area contributed by atoms with Crippen LogP contribution in [0.5, 0.6) is 0 Å². The van der Waals surface area contributed by atoms with Crippen molar-refractivity contribution >= 4 is 29.0 Å². The monoisotopic (exact) mass is 228 g/mol. The number of fused-ring (bicyclic) bond motifs is 1. The van der Waals surface area contributed by atoms with Gasteiger partial charge in [-0.3, -0.25) is 4.79 Å². The number of benzene rings is 1. The van der Waals surface area contributed by atoms with E-state index >= 15 is 0 Å². The Kier molecular flexibility index (Phi) is 2.54. The Hall–Kier alpha value is -0.530. The lowest BCUT2D eigenvalue weighted by Gasteiger charge is -2.09. The number of rotatable bonds is 1. The molecule has 0 aliphatic heterocycles. The number of ketones is 1. The van der Waals surface area contributed by atoms with Crippen LogP contribution in [0.2, 0.25) is 10.0 Å². The third-order valence-electron chi connectivity index (χ3n) is 2.65. The Labute approximate surface area is 93.0 Å². The van der Waals surface area contributed by atoms with E-state index in [-0.39, 0.29) is 5.78 Å². The highest BCUT2D eigenvalue weighted by atomic mass is 35.5. The van der Waals surface area contributed by atoms with Crippen LogP contribution in [0.25, 0.3) is 0 Å². The van der Waals surface area contributed by atoms with Gasteiger partial charge in [0, 0.05) is 12.0 Å². The maximum atomic E-state index is 11.6. The van der Waals surface area contributed by atoms with Gasteiger partial charge in [-0.2, -0.15) is 0 Å². The summed E-state index contributed by atoms with van der Waals surface area (Å²) in [6, 6.07) is 1.82. The largest absolute Gasteiger partial charge is 0.294 e. The molecular weight excluding hydrogens is 219 g/mol.